The van der Waals surface area contributed by atoms with Gasteiger partial charge in [0.1, 0.15) is 0 Å². The maximum atomic E-state index is 9.22. The largest absolute Gasteiger partial charge is 0.381 e. The Hall–Kier alpha value is -1.30. The van der Waals surface area contributed by atoms with Crippen molar-refractivity contribution in [1.29, 1.82) is 5.26 Å². The lowest BCUT2D eigenvalue weighted by Crippen LogP contribution is -2.08. The van der Waals surface area contributed by atoms with Crippen molar-refractivity contribution in [1.82, 2.24) is 0 Å². The lowest BCUT2D eigenvalue weighted by Gasteiger charge is -2.16. The van der Waals surface area contributed by atoms with Crippen LogP contribution in [0.4, 0.5) is 0 Å². The van der Waals surface area contributed by atoms with E-state index in [1.807, 2.05) is 24.3 Å². The van der Waals surface area contributed by atoms with Gasteiger partial charge in [0, 0.05) is 5.02 Å². The highest BCUT2D eigenvalue weighted by Crippen LogP contribution is 2.26. The fourth-order valence-corrected chi connectivity index (χ4v) is 1.96. The van der Waals surface area contributed by atoms with E-state index in [-0.39, 0.29) is 0 Å². The summed E-state index contributed by atoms with van der Waals surface area (Å²) in [6.07, 6.45) is 1.71. The standard InChI is InChI=1S/C13H12ClNO/c14-12-3-1-10(2-4-12)13(9-15)11-5-7-16-8-6-11/h1-4H,5-8H2. The summed E-state index contributed by atoms with van der Waals surface area (Å²) >= 11 is 5.83. The van der Waals surface area contributed by atoms with Crippen molar-refractivity contribution in [3.05, 3.63) is 40.4 Å². The molecule has 0 aliphatic carbocycles. The van der Waals surface area contributed by atoms with Crippen LogP contribution in [0.1, 0.15) is 18.4 Å². The Kier molecular flexibility index (Phi) is 3.61. The van der Waals surface area contributed by atoms with Gasteiger partial charge in [-0.3, -0.25) is 0 Å². The predicted octanol–water partition coefficient (Wildman–Crippen LogP) is 3.43. The van der Waals surface area contributed by atoms with Crippen molar-refractivity contribution in [3.8, 4) is 6.07 Å². The number of halogens is 1. The SMILES string of the molecule is N#CC(=C1CCOCC1)c1ccc(Cl)cc1. The maximum Gasteiger partial charge on any atom is 0.0997 e. The summed E-state index contributed by atoms with van der Waals surface area (Å²) in [6.45, 7) is 1.43. The zero-order valence-electron chi connectivity index (χ0n) is 8.87. The second-order valence-electron chi connectivity index (χ2n) is 3.71. The molecule has 0 spiro atoms. The molecule has 1 aliphatic heterocycles. The highest BCUT2D eigenvalue weighted by atomic mass is 35.5. The Morgan fingerprint density at radius 2 is 1.81 bits per heavy atom. The quantitative estimate of drug-likeness (QED) is 0.697. The van der Waals surface area contributed by atoms with Crippen molar-refractivity contribution in [2.45, 2.75) is 12.8 Å². The number of nitriles is 1. The first-order chi connectivity index (χ1) is 7.81. The molecule has 16 heavy (non-hydrogen) atoms. The minimum Gasteiger partial charge on any atom is -0.381 e. The lowest BCUT2D eigenvalue weighted by atomic mass is 9.96. The monoisotopic (exact) mass is 233 g/mol. The summed E-state index contributed by atoms with van der Waals surface area (Å²) in [5.41, 5.74) is 2.92. The molecule has 2 rings (SSSR count). The molecule has 0 N–H and O–H groups in total. The molecule has 1 heterocycles. The molecule has 1 fully saturated rings. The molecule has 1 aliphatic rings. The zero-order chi connectivity index (χ0) is 11.4. The van der Waals surface area contributed by atoms with Gasteiger partial charge in [0.25, 0.3) is 0 Å². The molecule has 2 nitrogen and oxygen atoms in total. The Morgan fingerprint density at radius 3 is 2.38 bits per heavy atom. The van der Waals surface area contributed by atoms with Gasteiger partial charge >= 0.3 is 0 Å². The number of nitrogens with zero attached hydrogens (tertiary/aromatic N) is 1. The number of rotatable bonds is 1. The van der Waals surface area contributed by atoms with Crippen molar-refractivity contribution in [3.63, 3.8) is 0 Å². The summed E-state index contributed by atoms with van der Waals surface area (Å²) in [6, 6.07) is 9.70. The van der Waals surface area contributed by atoms with Crippen LogP contribution in [0.2, 0.25) is 5.02 Å². The van der Waals surface area contributed by atoms with Crippen LogP contribution in [0, 0.1) is 11.3 Å². The van der Waals surface area contributed by atoms with Crippen molar-refractivity contribution < 1.29 is 4.74 Å². The van der Waals surface area contributed by atoms with Gasteiger partial charge in [-0.15, -0.1) is 0 Å². The van der Waals surface area contributed by atoms with E-state index < -0.39 is 0 Å². The van der Waals surface area contributed by atoms with Crippen LogP contribution in [-0.4, -0.2) is 13.2 Å². The minimum absolute atomic E-state index is 0.693. The van der Waals surface area contributed by atoms with Gasteiger partial charge in [-0.25, -0.2) is 0 Å². The minimum atomic E-state index is 0.693. The Morgan fingerprint density at radius 1 is 1.19 bits per heavy atom. The normalized spacial score (nSPS) is 15.6. The van der Waals surface area contributed by atoms with E-state index in [1.54, 1.807) is 0 Å². The molecule has 1 aromatic carbocycles. The van der Waals surface area contributed by atoms with Gasteiger partial charge in [0.2, 0.25) is 0 Å². The molecule has 0 aromatic heterocycles. The second kappa shape index (κ2) is 5.16. The van der Waals surface area contributed by atoms with Gasteiger partial charge < -0.3 is 4.74 Å². The van der Waals surface area contributed by atoms with E-state index in [4.69, 9.17) is 16.3 Å². The van der Waals surface area contributed by atoms with Crippen LogP contribution in [0.25, 0.3) is 5.57 Å². The first-order valence-electron chi connectivity index (χ1n) is 5.27. The highest BCUT2D eigenvalue weighted by molar-refractivity contribution is 6.30. The van der Waals surface area contributed by atoms with Gasteiger partial charge in [0.15, 0.2) is 0 Å². The summed E-state index contributed by atoms with van der Waals surface area (Å²) in [5.74, 6) is 0. The second-order valence-corrected chi connectivity index (χ2v) is 4.15. The number of ether oxygens (including phenoxy) is 1. The predicted molar refractivity (Wildman–Crippen MR) is 64.0 cm³/mol. The number of hydrogen-bond donors (Lipinski definition) is 0. The van der Waals surface area contributed by atoms with Crippen LogP contribution in [-0.2, 0) is 4.74 Å². The number of allylic oxidation sites excluding steroid dienone is 1. The Balaban J connectivity index is 2.35. The molecule has 0 radical (unpaired) electrons. The van der Waals surface area contributed by atoms with Gasteiger partial charge in [-0.05, 0) is 36.1 Å². The lowest BCUT2D eigenvalue weighted by molar-refractivity contribution is 0.119. The zero-order valence-corrected chi connectivity index (χ0v) is 9.63. The van der Waals surface area contributed by atoms with Gasteiger partial charge in [-0.1, -0.05) is 23.7 Å². The van der Waals surface area contributed by atoms with E-state index in [9.17, 15) is 5.26 Å². The number of hydrogen-bond acceptors (Lipinski definition) is 2. The highest BCUT2D eigenvalue weighted by Gasteiger charge is 2.12. The van der Waals surface area contributed by atoms with E-state index in [2.05, 4.69) is 6.07 Å². The first-order valence-corrected chi connectivity index (χ1v) is 5.65. The topological polar surface area (TPSA) is 33.0 Å². The first kappa shape index (κ1) is 11.2. The van der Waals surface area contributed by atoms with Crippen LogP contribution in [0.15, 0.2) is 29.8 Å². The number of benzene rings is 1. The van der Waals surface area contributed by atoms with E-state index >= 15 is 0 Å². The summed E-state index contributed by atoms with van der Waals surface area (Å²) in [5, 5.41) is 9.91. The van der Waals surface area contributed by atoms with Gasteiger partial charge in [0.05, 0.1) is 24.9 Å². The molecule has 82 valence electrons. The van der Waals surface area contributed by atoms with Gasteiger partial charge in [-0.2, -0.15) is 5.26 Å². The molecule has 0 atom stereocenters. The third-order valence-electron chi connectivity index (χ3n) is 2.69. The van der Waals surface area contributed by atoms with E-state index in [1.165, 1.54) is 5.57 Å². The van der Waals surface area contributed by atoms with E-state index in [0.717, 1.165) is 24.0 Å². The van der Waals surface area contributed by atoms with Crippen LogP contribution < -0.4 is 0 Å². The Bertz CT molecular complexity index is 434. The molecule has 3 heteroatoms. The fraction of sp³-hybridized carbons (Fsp3) is 0.308. The molecular weight excluding hydrogens is 222 g/mol. The molecule has 1 saturated heterocycles. The smallest absolute Gasteiger partial charge is 0.0997 e. The average Bonchev–Trinajstić information content (AvgIpc) is 2.34. The molecule has 1 aromatic rings. The Labute approximate surface area is 100 Å². The summed E-state index contributed by atoms with van der Waals surface area (Å²) < 4.78 is 5.28. The van der Waals surface area contributed by atoms with E-state index in [0.29, 0.717) is 18.2 Å². The van der Waals surface area contributed by atoms with Crippen LogP contribution in [0.3, 0.4) is 0 Å². The summed E-state index contributed by atoms with van der Waals surface area (Å²) in [4.78, 5) is 0. The molecule has 0 saturated carbocycles. The maximum absolute atomic E-state index is 9.22. The molecule has 0 unspecified atom stereocenters. The van der Waals surface area contributed by atoms with Crippen molar-refractivity contribution in [2.75, 3.05) is 13.2 Å². The van der Waals surface area contributed by atoms with Crippen LogP contribution in [0.5, 0.6) is 0 Å². The fourth-order valence-electron chi connectivity index (χ4n) is 1.83. The molecular formula is C13H12ClNO. The third-order valence-corrected chi connectivity index (χ3v) is 2.95. The summed E-state index contributed by atoms with van der Waals surface area (Å²) in [7, 11) is 0. The third kappa shape index (κ3) is 2.44. The molecule has 0 amide bonds. The van der Waals surface area contributed by atoms with Crippen molar-refractivity contribution >= 4 is 17.2 Å². The average molecular weight is 234 g/mol. The van der Waals surface area contributed by atoms with Crippen LogP contribution >= 0.6 is 11.6 Å². The molecule has 0 bridgehead atoms. The van der Waals surface area contributed by atoms with Crippen molar-refractivity contribution in [2.24, 2.45) is 0 Å².